The van der Waals surface area contributed by atoms with Gasteiger partial charge in [-0.25, -0.2) is 0 Å². The highest BCUT2D eigenvalue weighted by Crippen LogP contribution is 2.48. The fourth-order valence-corrected chi connectivity index (χ4v) is 3.12. The van der Waals surface area contributed by atoms with E-state index < -0.39 is 0 Å². The number of halogens is 3. The van der Waals surface area contributed by atoms with Crippen LogP contribution in [0.4, 0.5) is 0 Å². The van der Waals surface area contributed by atoms with Crippen LogP contribution in [0.5, 0.6) is 0 Å². The third kappa shape index (κ3) is 3.49. The van der Waals surface area contributed by atoms with Gasteiger partial charge in [0.1, 0.15) is 0 Å². The number of benzene rings is 1. The standard InChI is InChI=1S/C13H14Br2ClNO/c14-9-1-2-11(15)10(7-9)12(18)17-8-13(3-4-13)5-6-16/h1-2,7H,3-6,8H2,(H,17,18). The van der Waals surface area contributed by atoms with E-state index in [1.54, 1.807) is 0 Å². The average Bonchev–Trinajstić information content (AvgIpc) is 3.10. The molecule has 0 spiro atoms. The van der Waals surface area contributed by atoms with Crippen LogP contribution in [0.25, 0.3) is 0 Å². The second-order valence-corrected chi connectivity index (χ2v) is 6.89. The molecule has 1 aromatic rings. The molecule has 1 aliphatic carbocycles. The minimum Gasteiger partial charge on any atom is -0.351 e. The van der Waals surface area contributed by atoms with Crippen molar-refractivity contribution in [3.05, 3.63) is 32.7 Å². The molecule has 0 aliphatic heterocycles. The first-order valence-electron chi connectivity index (χ1n) is 5.86. The fraction of sp³-hybridized carbons (Fsp3) is 0.462. The molecule has 1 saturated carbocycles. The van der Waals surface area contributed by atoms with Crippen LogP contribution in [0.2, 0.25) is 0 Å². The van der Waals surface area contributed by atoms with Crippen LogP contribution in [0.3, 0.4) is 0 Å². The monoisotopic (exact) mass is 393 g/mol. The molecule has 18 heavy (non-hydrogen) atoms. The highest BCUT2D eigenvalue weighted by molar-refractivity contribution is 9.11. The molecule has 0 heterocycles. The van der Waals surface area contributed by atoms with Crippen molar-refractivity contribution in [2.75, 3.05) is 12.4 Å². The van der Waals surface area contributed by atoms with Crippen LogP contribution in [0.15, 0.2) is 27.1 Å². The minimum absolute atomic E-state index is 0.0379. The van der Waals surface area contributed by atoms with Crippen LogP contribution >= 0.6 is 43.5 Å². The van der Waals surface area contributed by atoms with Gasteiger partial charge in [0.05, 0.1) is 5.56 Å². The van der Waals surface area contributed by atoms with E-state index >= 15 is 0 Å². The second kappa shape index (κ2) is 5.93. The summed E-state index contributed by atoms with van der Waals surface area (Å²) in [6.07, 6.45) is 3.31. The highest BCUT2D eigenvalue weighted by Gasteiger charge is 2.41. The zero-order valence-corrected chi connectivity index (χ0v) is 13.7. The van der Waals surface area contributed by atoms with E-state index in [-0.39, 0.29) is 11.3 Å². The van der Waals surface area contributed by atoms with Crippen molar-refractivity contribution in [2.45, 2.75) is 19.3 Å². The Hall–Kier alpha value is -0.0600. The van der Waals surface area contributed by atoms with E-state index in [1.807, 2.05) is 18.2 Å². The number of carbonyl (C=O) groups is 1. The van der Waals surface area contributed by atoms with Crippen molar-refractivity contribution in [3.8, 4) is 0 Å². The maximum absolute atomic E-state index is 12.1. The molecule has 0 bridgehead atoms. The van der Waals surface area contributed by atoms with Crippen LogP contribution in [-0.4, -0.2) is 18.3 Å². The molecule has 1 aliphatic rings. The SMILES string of the molecule is O=C(NCC1(CCCl)CC1)c1cc(Br)ccc1Br. The van der Waals surface area contributed by atoms with Crippen molar-refractivity contribution in [2.24, 2.45) is 5.41 Å². The molecule has 0 atom stereocenters. The Kier molecular flexibility index (Phi) is 4.73. The Morgan fingerprint density at radius 1 is 1.39 bits per heavy atom. The first kappa shape index (κ1) is 14.4. The molecule has 0 aromatic heterocycles. The van der Waals surface area contributed by atoms with Crippen LogP contribution < -0.4 is 5.32 Å². The number of carbonyl (C=O) groups excluding carboxylic acids is 1. The van der Waals surface area contributed by atoms with Gasteiger partial charge in [0.15, 0.2) is 0 Å². The first-order chi connectivity index (χ1) is 8.56. The van der Waals surface area contributed by atoms with Gasteiger partial charge in [0.2, 0.25) is 0 Å². The maximum Gasteiger partial charge on any atom is 0.252 e. The molecule has 2 nitrogen and oxygen atoms in total. The number of amides is 1. The zero-order chi connectivity index (χ0) is 13.2. The van der Waals surface area contributed by atoms with Gasteiger partial charge in [-0.1, -0.05) is 15.9 Å². The smallest absolute Gasteiger partial charge is 0.252 e. The van der Waals surface area contributed by atoms with Gasteiger partial charge in [-0.15, -0.1) is 11.6 Å². The third-order valence-corrected chi connectivity index (χ3v) is 4.75. The topological polar surface area (TPSA) is 29.1 Å². The summed E-state index contributed by atoms with van der Waals surface area (Å²) in [6, 6.07) is 5.59. The van der Waals surface area contributed by atoms with E-state index in [9.17, 15) is 4.79 Å². The predicted molar refractivity (Wildman–Crippen MR) is 81.2 cm³/mol. The quantitative estimate of drug-likeness (QED) is 0.738. The van der Waals surface area contributed by atoms with E-state index in [1.165, 1.54) is 12.8 Å². The molecule has 5 heteroatoms. The predicted octanol–water partition coefficient (Wildman–Crippen LogP) is 4.35. The summed E-state index contributed by atoms with van der Waals surface area (Å²) in [4.78, 5) is 12.1. The Bertz CT molecular complexity index is 460. The summed E-state index contributed by atoms with van der Waals surface area (Å²) in [5.74, 6) is 0.625. The second-order valence-electron chi connectivity index (χ2n) is 4.75. The lowest BCUT2D eigenvalue weighted by molar-refractivity contribution is 0.0943. The highest BCUT2D eigenvalue weighted by atomic mass is 79.9. The largest absolute Gasteiger partial charge is 0.351 e. The Balaban J connectivity index is 1.98. The lowest BCUT2D eigenvalue weighted by Gasteiger charge is -2.15. The molecule has 0 radical (unpaired) electrons. The lowest BCUT2D eigenvalue weighted by atomic mass is 10.0. The molecule has 1 aromatic carbocycles. The maximum atomic E-state index is 12.1. The molecule has 2 rings (SSSR count). The molecular formula is C13H14Br2ClNO. The Morgan fingerprint density at radius 3 is 2.72 bits per heavy atom. The fourth-order valence-electron chi connectivity index (χ4n) is 1.93. The number of rotatable bonds is 5. The molecule has 0 unspecified atom stereocenters. The van der Waals surface area contributed by atoms with E-state index in [4.69, 9.17) is 11.6 Å². The lowest BCUT2D eigenvalue weighted by Crippen LogP contribution is -2.30. The summed E-state index contributed by atoms with van der Waals surface area (Å²) >= 11 is 12.5. The van der Waals surface area contributed by atoms with E-state index in [0.29, 0.717) is 11.4 Å². The van der Waals surface area contributed by atoms with Gasteiger partial charge in [0, 0.05) is 21.4 Å². The first-order valence-corrected chi connectivity index (χ1v) is 7.98. The van der Waals surface area contributed by atoms with Crippen molar-refractivity contribution in [3.63, 3.8) is 0 Å². The number of alkyl halides is 1. The number of hydrogen-bond acceptors (Lipinski definition) is 1. The number of hydrogen-bond donors (Lipinski definition) is 1. The zero-order valence-electron chi connectivity index (χ0n) is 9.81. The molecule has 0 saturated heterocycles. The van der Waals surface area contributed by atoms with Gasteiger partial charge in [-0.2, -0.15) is 0 Å². The van der Waals surface area contributed by atoms with Gasteiger partial charge < -0.3 is 5.32 Å². The van der Waals surface area contributed by atoms with Gasteiger partial charge >= 0.3 is 0 Å². The molecule has 98 valence electrons. The van der Waals surface area contributed by atoms with Crippen LogP contribution in [-0.2, 0) is 0 Å². The number of nitrogens with one attached hydrogen (secondary N) is 1. The van der Waals surface area contributed by atoms with Crippen molar-refractivity contribution < 1.29 is 4.79 Å². The van der Waals surface area contributed by atoms with Crippen LogP contribution in [0, 0.1) is 5.41 Å². The van der Waals surface area contributed by atoms with Crippen molar-refractivity contribution in [1.29, 1.82) is 0 Å². The van der Waals surface area contributed by atoms with Gasteiger partial charge in [-0.05, 0) is 58.8 Å². The average molecular weight is 396 g/mol. The van der Waals surface area contributed by atoms with Gasteiger partial charge in [0.25, 0.3) is 5.91 Å². The molecular weight excluding hydrogens is 381 g/mol. The van der Waals surface area contributed by atoms with Crippen molar-refractivity contribution >= 4 is 49.4 Å². The minimum atomic E-state index is -0.0379. The summed E-state index contributed by atoms with van der Waals surface area (Å²) in [7, 11) is 0. The third-order valence-electron chi connectivity index (χ3n) is 3.38. The Morgan fingerprint density at radius 2 is 2.11 bits per heavy atom. The van der Waals surface area contributed by atoms with E-state index in [0.717, 1.165) is 21.9 Å². The molecule has 1 amide bonds. The summed E-state index contributed by atoms with van der Waals surface area (Å²) < 4.78 is 1.71. The summed E-state index contributed by atoms with van der Waals surface area (Å²) in [6.45, 7) is 0.720. The summed E-state index contributed by atoms with van der Waals surface area (Å²) in [5, 5.41) is 3.01. The normalized spacial score (nSPS) is 16.4. The molecule has 1 N–H and O–H groups in total. The van der Waals surface area contributed by atoms with Crippen LogP contribution in [0.1, 0.15) is 29.6 Å². The Labute approximate surface area is 129 Å². The summed E-state index contributed by atoms with van der Waals surface area (Å²) in [5.41, 5.74) is 0.918. The van der Waals surface area contributed by atoms with Crippen molar-refractivity contribution in [1.82, 2.24) is 5.32 Å². The molecule has 1 fully saturated rings. The van der Waals surface area contributed by atoms with Gasteiger partial charge in [-0.3, -0.25) is 4.79 Å². The van der Waals surface area contributed by atoms with E-state index in [2.05, 4.69) is 37.2 Å².